The fraction of sp³-hybridized carbons (Fsp3) is 0.407. The van der Waals surface area contributed by atoms with Gasteiger partial charge in [0.2, 0.25) is 0 Å². The standard InChI is InChI=1S/C27H31N3O3/c31-25-22-16-30(15-18-7-3-1-4-8-18)17-23(22)29-27(33)24(25)26(32)28-21-13-11-20(12-14-21)19-9-5-2-6-10-19/h1,3-4,7-8,11-14,19,22-23,31H,2,5-6,9-10,15-17H2,(H,28,32)(H,29,33). The first-order valence-corrected chi connectivity index (χ1v) is 12.0. The van der Waals surface area contributed by atoms with Crippen molar-refractivity contribution in [3.8, 4) is 0 Å². The Hall–Kier alpha value is -3.12. The van der Waals surface area contributed by atoms with Gasteiger partial charge in [0.15, 0.2) is 0 Å². The number of nitrogens with zero attached hydrogens (tertiary/aromatic N) is 1. The zero-order chi connectivity index (χ0) is 22.8. The predicted molar refractivity (Wildman–Crippen MR) is 128 cm³/mol. The molecule has 2 aromatic rings. The van der Waals surface area contributed by atoms with Crippen LogP contribution in [-0.4, -0.2) is 41.0 Å². The highest BCUT2D eigenvalue weighted by Crippen LogP contribution is 2.33. The molecule has 3 aliphatic rings. The maximum absolute atomic E-state index is 12.9. The normalized spacial score (nSPS) is 23.8. The quantitative estimate of drug-likeness (QED) is 0.605. The number of likely N-dealkylation sites (tertiary alicyclic amines) is 1. The number of amides is 2. The minimum atomic E-state index is -0.560. The Morgan fingerprint density at radius 3 is 2.45 bits per heavy atom. The smallest absolute Gasteiger partial charge is 0.264 e. The molecule has 2 aromatic carbocycles. The van der Waals surface area contributed by atoms with E-state index in [9.17, 15) is 14.7 Å². The summed E-state index contributed by atoms with van der Waals surface area (Å²) < 4.78 is 0. The number of aliphatic hydroxyl groups excluding tert-OH is 1. The second-order valence-corrected chi connectivity index (χ2v) is 9.54. The van der Waals surface area contributed by atoms with E-state index in [2.05, 4.69) is 39.8 Å². The van der Waals surface area contributed by atoms with E-state index in [-0.39, 0.29) is 23.3 Å². The number of carbonyl (C=O) groups excluding carboxylic acids is 2. The van der Waals surface area contributed by atoms with Crippen LogP contribution in [0.2, 0.25) is 0 Å². The Morgan fingerprint density at radius 2 is 1.73 bits per heavy atom. The number of hydrogen-bond acceptors (Lipinski definition) is 4. The van der Waals surface area contributed by atoms with E-state index in [0.717, 1.165) is 6.54 Å². The number of hydrogen-bond donors (Lipinski definition) is 3. The molecule has 2 heterocycles. The average Bonchev–Trinajstić information content (AvgIpc) is 3.23. The van der Waals surface area contributed by atoms with Crippen LogP contribution in [-0.2, 0) is 16.1 Å². The molecule has 2 amide bonds. The molecule has 2 atom stereocenters. The molecule has 1 saturated heterocycles. The lowest BCUT2D eigenvalue weighted by molar-refractivity contribution is -0.123. The van der Waals surface area contributed by atoms with E-state index < -0.39 is 11.8 Å². The van der Waals surface area contributed by atoms with Crippen LogP contribution in [0.15, 0.2) is 65.9 Å². The number of rotatable bonds is 5. The van der Waals surface area contributed by atoms with E-state index in [1.165, 1.54) is 43.2 Å². The lowest BCUT2D eigenvalue weighted by Gasteiger charge is -2.26. The van der Waals surface area contributed by atoms with E-state index in [1.807, 2.05) is 30.3 Å². The molecule has 2 unspecified atom stereocenters. The zero-order valence-corrected chi connectivity index (χ0v) is 18.8. The summed E-state index contributed by atoms with van der Waals surface area (Å²) in [5.41, 5.74) is 2.94. The number of carbonyl (C=O) groups is 2. The van der Waals surface area contributed by atoms with Gasteiger partial charge in [0, 0.05) is 25.3 Å². The van der Waals surface area contributed by atoms with Gasteiger partial charge >= 0.3 is 0 Å². The molecule has 1 saturated carbocycles. The van der Waals surface area contributed by atoms with E-state index in [1.54, 1.807) is 0 Å². The topological polar surface area (TPSA) is 81.7 Å². The monoisotopic (exact) mass is 445 g/mol. The van der Waals surface area contributed by atoms with Crippen LogP contribution >= 0.6 is 0 Å². The van der Waals surface area contributed by atoms with Crippen molar-refractivity contribution in [2.24, 2.45) is 5.92 Å². The summed E-state index contributed by atoms with van der Waals surface area (Å²) in [7, 11) is 0. The second kappa shape index (κ2) is 9.40. The van der Waals surface area contributed by atoms with Gasteiger partial charge in [-0.3, -0.25) is 14.5 Å². The Kier molecular flexibility index (Phi) is 6.18. The van der Waals surface area contributed by atoms with Crippen molar-refractivity contribution in [3.05, 3.63) is 77.1 Å². The van der Waals surface area contributed by atoms with Crippen molar-refractivity contribution in [1.82, 2.24) is 10.2 Å². The van der Waals surface area contributed by atoms with Crippen molar-refractivity contribution in [1.29, 1.82) is 0 Å². The van der Waals surface area contributed by atoms with Crippen molar-refractivity contribution < 1.29 is 14.7 Å². The summed E-state index contributed by atoms with van der Waals surface area (Å²) in [6.07, 6.45) is 6.30. The largest absolute Gasteiger partial charge is 0.511 e. The molecule has 0 spiro atoms. The predicted octanol–water partition coefficient (Wildman–Crippen LogP) is 4.12. The molecule has 33 heavy (non-hydrogen) atoms. The second-order valence-electron chi connectivity index (χ2n) is 9.54. The molecule has 0 radical (unpaired) electrons. The summed E-state index contributed by atoms with van der Waals surface area (Å²) >= 11 is 0. The lowest BCUT2D eigenvalue weighted by Crippen LogP contribution is -2.48. The van der Waals surface area contributed by atoms with Crippen LogP contribution in [0.25, 0.3) is 0 Å². The molecule has 6 heteroatoms. The summed E-state index contributed by atoms with van der Waals surface area (Å²) in [6.45, 7) is 1.98. The number of nitrogens with one attached hydrogen (secondary N) is 2. The third kappa shape index (κ3) is 4.67. The zero-order valence-electron chi connectivity index (χ0n) is 18.8. The van der Waals surface area contributed by atoms with Crippen LogP contribution in [0.5, 0.6) is 0 Å². The van der Waals surface area contributed by atoms with Crippen LogP contribution in [0.3, 0.4) is 0 Å². The first-order valence-electron chi connectivity index (χ1n) is 12.0. The summed E-state index contributed by atoms with van der Waals surface area (Å²) in [6, 6.07) is 17.8. The number of aliphatic hydroxyl groups is 1. The molecule has 2 aliphatic heterocycles. The van der Waals surface area contributed by atoms with Gasteiger partial charge < -0.3 is 15.7 Å². The molecule has 6 nitrogen and oxygen atoms in total. The van der Waals surface area contributed by atoms with E-state index in [0.29, 0.717) is 24.7 Å². The van der Waals surface area contributed by atoms with Gasteiger partial charge in [-0.1, -0.05) is 61.7 Å². The number of fused-ring (bicyclic) bond motifs is 1. The third-order valence-corrected chi connectivity index (χ3v) is 7.27. The number of benzene rings is 2. The van der Waals surface area contributed by atoms with Gasteiger partial charge in [0.05, 0.1) is 12.0 Å². The van der Waals surface area contributed by atoms with Crippen molar-refractivity contribution >= 4 is 17.5 Å². The molecule has 172 valence electrons. The van der Waals surface area contributed by atoms with Crippen LogP contribution < -0.4 is 10.6 Å². The maximum Gasteiger partial charge on any atom is 0.264 e. The molecule has 5 rings (SSSR count). The van der Waals surface area contributed by atoms with Gasteiger partial charge in [-0.25, -0.2) is 0 Å². The van der Waals surface area contributed by atoms with Gasteiger partial charge in [-0.05, 0) is 42.0 Å². The van der Waals surface area contributed by atoms with Crippen molar-refractivity contribution in [3.63, 3.8) is 0 Å². The van der Waals surface area contributed by atoms with Crippen LogP contribution in [0, 0.1) is 5.92 Å². The van der Waals surface area contributed by atoms with Gasteiger partial charge in [-0.15, -0.1) is 0 Å². The van der Waals surface area contributed by atoms with Crippen molar-refractivity contribution in [2.75, 3.05) is 18.4 Å². The van der Waals surface area contributed by atoms with Crippen LogP contribution in [0.4, 0.5) is 5.69 Å². The van der Waals surface area contributed by atoms with Gasteiger partial charge in [0.1, 0.15) is 11.3 Å². The summed E-state index contributed by atoms with van der Waals surface area (Å²) in [5.74, 6) is -0.851. The van der Waals surface area contributed by atoms with Crippen molar-refractivity contribution in [2.45, 2.75) is 50.6 Å². The maximum atomic E-state index is 12.9. The minimum absolute atomic E-state index is 0.101. The highest BCUT2D eigenvalue weighted by atomic mass is 16.3. The molecular formula is C27H31N3O3. The van der Waals surface area contributed by atoms with E-state index in [4.69, 9.17) is 0 Å². The highest BCUT2D eigenvalue weighted by molar-refractivity contribution is 6.23. The lowest BCUT2D eigenvalue weighted by atomic mass is 9.84. The molecular weight excluding hydrogens is 414 g/mol. The molecule has 0 bridgehead atoms. The first kappa shape index (κ1) is 21.7. The Morgan fingerprint density at radius 1 is 1.00 bits per heavy atom. The molecule has 3 N–H and O–H groups in total. The molecule has 1 aliphatic carbocycles. The Labute approximate surface area is 194 Å². The average molecular weight is 446 g/mol. The highest BCUT2D eigenvalue weighted by Gasteiger charge is 2.44. The Balaban J connectivity index is 1.26. The molecule has 0 aromatic heterocycles. The third-order valence-electron chi connectivity index (χ3n) is 7.27. The number of anilines is 1. The van der Waals surface area contributed by atoms with Gasteiger partial charge in [-0.2, -0.15) is 0 Å². The SMILES string of the molecule is O=C(Nc1ccc(C2CCCCC2)cc1)C1=C(O)C2CN(Cc3ccccc3)CC2NC1=O. The van der Waals surface area contributed by atoms with Crippen LogP contribution in [0.1, 0.15) is 49.1 Å². The van der Waals surface area contributed by atoms with E-state index >= 15 is 0 Å². The Bertz CT molecular complexity index is 1040. The first-order chi connectivity index (χ1) is 16.1. The minimum Gasteiger partial charge on any atom is -0.511 e. The van der Waals surface area contributed by atoms with Gasteiger partial charge in [0.25, 0.3) is 11.8 Å². The summed E-state index contributed by atoms with van der Waals surface area (Å²) in [5, 5.41) is 16.6. The summed E-state index contributed by atoms with van der Waals surface area (Å²) in [4.78, 5) is 27.8. The molecule has 2 fully saturated rings. The fourth-order valence-electron chi connectivity index (χ4n) is 5.51. The fourth-order valence-corrected chi connectivity index (χ4v) is 5.51.